The lowest BCUT2D eigenvalue weighted by Crippen LogP contribution is -2.14. The fourth-order valence-corrected chi connectivity index (χ4v) is 1.73. The van der Waals surface area contributed by atoms with Crippen LogP contribution in [0.2, 0.25) is 0 Å². The number of benzene rings is 1. The van der Waals surface area contributed by atoms with E-state index in [0.29, 0.717) is 0 Å². The van der Waals surface area contributed by atoms with Gasteiger partial charge in [0.1, 0.15) is 0 Å². The predicted octanol–water partition coefficient (Wildman–Crippen LogP) is -0.266. The number of hydrogen-bond donors (Lipinski definition) is 2. The summed E-state index contributed by atoms with van der Waals surface area (Å²) in [6.45, 7) is -0.411. The van der Waals surface area contributed by atoms with Crippen molar-refractivity contribution in [2.24, 2.45) is 5.14 Å². The fraction of sp³-hybridized carbons (Fsp3) is 0.143. The second-order valence-electron chi connectivity index (χ2n) is 2.76. The molecule has 0 saturated carbocycles. The van der Waals surface area contributed by atoms with Crippen molar-refractivity contribution in [2.45, 2.75) is 11.5 Å². The maximum absolute atomic E-state index is 11.0. The van der Waals surface area contributed by atoms with E-state index in [1.54, 1.807) is 0 Å². The van der Waals surface area contributed by atoms with Crippen LogP contribution in [0.25, 0.3) is 0 Å². The van der Waals surface area contributed by atoms with Crippen molar-refractivity contribution in [3.05, 3.63) is 33.9 Å². The quantitative estimate of drug-likeness (QED) is 0.548. The van der Waals surface area contributed by atoms with Gasteiger partial charge in [-0.2, -0.15) is 0 Å². The highest BCUT2D eigenvalue weighted by atomic mass is 32.2. The van der Waals surface area contributed by atoms with Crippen molar-refractivity contribution >= 4 is 15.7 Å². The molecule has 15 heavy (non-hydrogen) atoms. The van der Waals surface area contributed by atoms with Gasteiger partial charge in [0.2, 0.25) is 10.0 Å². The first-order chi connectivity index (χ1) is 6.86. The molecule has 0 aliphatic heterocycles. The summed E-state index contributed by atoms with van der Waals surface area (Å²) in [5.74, 6) is 0. The zero-order valence-electron chi connectivity index (χ0n) is 7.45. The molecule has 8 heteroatoms. The molecule has 0 bridgehead atoms. The van der Waals surface area contributed by atoms with Crippen LogP contribution >= 0.6 is 0 Å². The first kappa shape index (κ1) is 11.6. The van der Waals surface area contributed by atoms with E-state index in [9.17, 15) is 18.5 Å². The summed E-state index contributed by atoms with van der Waals surface area (Å²) in [7, 11) is -4.13. The van der Waals surface area contributed by atoms with E-state index in [4.69, 9.17) is 10.2 Å². The Morgan fingerprint density at radius 2 is 2.07 bits per heavy atom. The van der Waals surface area contributed by atoms with Crippen LogP contribution in [0, 0.1) is 10.1 Å². The topological polar surface area (TPSA) is 124 Å². The van der Waals surface area contributed by atoms with Gasteiger partial charge in [0.05, 0.1) is 11.5 Å². The summed E-state index contributed by atoms with van der Waals surface area (Å²) in [6.07, 6.45) is 0. The maximum Gasteiger partial charge on any atom is 0.289 e. The van der Waals surface area contributed by atoms with Gasteiger partial charge in [-0.1, -0.05) is 6.07 Å². The molecule has 7 nitrogen and oxygen atoms in total. The van der Waals surface area contributed by atoms with Gasteiger partial charge in [0.25, 0.3) is 5.69 Å². The highest BCUT2D eigenvalue weighted by Gasteiger charge is 2.22. The molecule has 0 spiro atoms. The van der Waals surface area contributed by atoms with E-state index >= 15 is 0 Å². The first-order valence-corrected chi connectivity index (χ1v) is 5.32. The number of nitro groups is 1. The molecule has 0 aliphatic carbocycles. The van der Waals surface area contributed by atoms with Crippen LogP contribution in [-0.2, 0) is 16.6 Å². The Kier molecular flexibility index (Phi) is 3.03. The van der Waals surface area contributed by atoms with Crippen molar-refractivity contribution in [3.8, 4) is 0 Å². The summed E-state index contributed by atoms with van der Waals surface area (Å²) in [5, 5.41) is 24.1. The third-order valence-corrected chi connectivity index (χ3v) is 2.67. The number of nitro benzene ring substituents is 1. The van der Waals surface area contributed by atoms with Gasteiger partial charge in [-0.15, -0.1) is 0 Å². The van der Waals surface area contributed by atoms with Gasteiger partial charge in [-0.3, -0.25) is 10.1 Å². The zero-order chi connectivity index (χ0) is 11.6. The van der Waals surface area contributed by atoms with E-state index in [1.165, 1.54) is 6.07 Å². The van der Waals surface area contributed by atoms with Crippen molar-refractivity contribution < 1.29 is 18.4 Å². The predicted molar refractivity (Wildman–Crippen MR) is 50.4 cm³/mol. The normalized spacial score (nSPS) is 11.3. The summed E-state index contributed by atoms with van der Waals surface area (Å²) in [5.41, 5.74) is -0.391. The monoisotopic (exact) mass is 232 g/mol. The van der Waals surface area contributed by atoms with Crippen LogP contribution in [0.15, 0.2) is 23.1 Å². The number of aliphatic hydroxyl groups is 1. The number of rotatable bonds is 3. The first-order valence-electron chi connectivity index (χ1n) is 3.77. The average molecular weight is 232 g/mol. The molecular weight excluding hydrogens is 224 g/mol. The van der Waals surface area contributed by atoms with Crippen LogP contribution < -0.4 is 5.14 Å². The largest absolute Gasteiger partial charge is 0.392 e. The lowest BCUT2D eigenvalue weighted by molar-refractivity contribution is -0.387. The maximum atomic E-state index is 11.0. The van der Waals surface area contributed by atoms with E-state index in [2.05, 4.69) is 0 Å². The average Bonchev–Trinajstić information content (AvgIpc) is 2.15. The Labute approximate surface area is 85.3 Å². The Hall–Kier alpha value is -1.51. The molecule has 0 amide bonds. The van der Waals surface area contributed by atoms with Crippen molar-refractivity contribution in [1.82, 2.24) is 0 Å². The number of nitrogens with two attached hydrogens (primary N) is 1. The van der Waals surface area contributed by atoms with Gasteiger partial charge < -0.3 is 5.11 Å². The van der Waals surface area contributed by atoms with Gasteiger partial charge in [-0.05, 0) is 11.6 Å². The Morgan fingerprint density at radius 3 is 2.47 bits per heavy atom. The third kappa shape index (κ3) is 2.49. The Morgan fingerprint density at radius 1 is 1.47 bits per heavy atom. The van der Waals surface area contributed by atoms with E-state index in [-0.39, 0.29) is 5.56 Å². The standard InChI is InChI=1S/C7H8N2O5S/c8-15(13,14)7-2-1-5(4-10)3-6(7)9(11)12/h1-3,10H,4H2,(H2,8,13,14). The van der Waals surface area contributed by atoms with Crippen LogP contribution in [0.4, 0.5) is 5.69 Å². The Balaban J connectivity index is 3.48. The highest BCUT2D eigenvalue weighted by Crippen LogP contribution is 2.23. The van der Waals surface area contributed by atoms with Gasteiger partial charge >= 0.3 is 0 Å². The summed E-state index contributed by atoms with van der Waals surface area (Å²) >= 11 is 0. The molecule has 1 aromatic rings. The van der Waals surface area contributed by atoms with Crippen LogP contribution in [0.1, 0.15) is 5.56 Å². The molecule has 1 aromatic carbocycles. The molecule has 0 fully saturated rings. The van der Waals surface area contributed by atoms with Gasteiger partial charge in [0, 0.05) is 6.07 Å². The number of primary sulfonamides is 1. The lowest BCUT2D eigenvalue weighted by Gasteiger charge is -2.01. The van der Waals surface area contributed by atoms with Crippen LogP contribution in [-0.4, -0.2) is 18.4 Å². The van der Waals surface area contributed by atoms with E-state index in [0.717, 1.165) is 12.1 Å². The summed E-state index contributed by atoms with van der Waals surface area (Å²) < 4.78 is 21.9. The molecule has 0 aromatic heterocycles. The summed E-state index contributed by atoms with van der Waals surface area (Å²) in [4.78, 5) is 9.11. The smallest absolute Gasteiger partial charge is 0.289 e. The minimum absolute atomic E-state index is 0.245. The number of hydrogen-bond acceptors (Lipinski definition) is 5. The van der Waals surface area contributed by atoms with Gasteiger partial charge in [-0.25, -0.2) is 13.6 Å². The molecule has 0 unspecified atom stereocenters. The van der Waals surface area contributed by atoms with Crippen LogP contribution in [0.3, 0.4) is 0 Å². The molecule has 0 saturated heterocycles. The summed E-state index contributed by atoms with van der Waals surface area (Å²) in [6, 6.07) is 3.23. The molecule has 1 rings (SSSR count). The van der Waals surface area contributed by atoms with E-state index < -0.39 is 32.1 Å². The van der Waals surface area contributed by atoms with Crippen molar-refractivity contribution in [3.63, 3.8) is 0 Å². The molecule has 0 heterocycles. The van der Waals surface area contributed by atoms with Crippen molar-refractivity contribution in [2.75, 3.05) is 0 Å². The van der Waals surface area contributed by atoms with E-state index in [1.807, 2.05) is 0 Å². The number of aliphatic hydroxyl groups excluding tert-OH is 1. The molecule has 0 atom stereocenters. The minimum Gasteiger partial charge on any atom is -0.392 e. The van der Waals surface area contributed by atoms with Crippen LogP contribution in [0.5, 0.6) is 0 Å². The number of nitrogens with zero attached hydrogens (tertiary/aromatic N) is 1. The van der Waals surface area contributed by atoms with Gasteiger partial charge in [0.15, 0.2) is 4.90 Å². The molecule has 0 aliphatic rings. The molecule has 82 valence electrons. The minimum atomic E-state index is -4.13. The van der Waals surface area contributed by atoms with Crippen molar-refractivity contribution in [1.29, 1.82) is 0 Å². The number of sulfonamides is 1. The molecule has 3 N–H and O–H groups in total. The SMILES string of the molecule is NS(=O)(=O)c1ccc(CO)cc1[N+](=O)[O-]. The zero-order valence-corrected chi connectivity index (χ0v) is 8.27. The third-order valence-electron chi connectivity index (χ3n) is 1.71. The fourth-order valence-electron chi connectivity index (χ4n) is 1.04. The second kappa shape index (κ2) is 3.93. The molecular formula is C7H8N2O5S. The molecule has 0 radical (unpaired) electrons. The lowest BCUT2D eigenvalue weighted by atomic mass is 10.2. The Bertz CT molecular complexity index is 496. The highest BCUT2D eigenvalue weighted by molar-refractivity contribution is 7.89. The second-order valence-corrected chi connectivity index (χ2v) is 4.29.